The largest absolute Gasteiger partial charge is 0.494 e. The number of hydrogen-bond donors (Lipinski definition) is 1. The second-order valence-corrected chi connectivity index (χ2v) is 4.33. The summed E-state index contributed by atoms with van der Waals surface area (Å²) in [4.78, 5) is 12.2. The predicted octanol–water partition coefficient (Wildman–Crippen LogP) is 3.29. The Kier molecular flexibility index (Phi) is 4.18. The molecule has 0 saturated heterocycles. The van der Waals surface area contributed by atoms with Gasteiger partial charge in [0.2, 0.25) is 0 Å². The number of benzene rings is 2. The van der Waals surface area contributed by atoms with E-state index in [1.807, 2.05) is 12.1 Å². The quantitative estimate of drug-likeness (QED) is 0.659. The zero-order valence-electron chi connectivity index (χ0n) is 10.9. The van der Waals surface area contributed by atoms with Crippen LogP contribution in [0.4, 0.5) is 5.69 Å². The van der Waals surface area contributed by atoms with Crippen molar-refractivity contribution in [1.82, 2.24) is 0 Å². The molecule has 0 aromatic heterocycles. The lowest BCUT2D eigenvalue weighted by atomic mass is 10.0. The Balaban J connectivity index is 2.15. The molecular formula is C16H17NO2. The van der Waals surface area contributed by atoms with Crippen LogP contribution in [0.25, 0.3) is 0 Å². The first-order valence-electron chi connectivity index (χ1n) is 6.34. The fraction of sp³-hybridized carbons (Fsp3) is 0.188. The number of nitrogens with two attached hydrogens (primary N) is 1. The monoisotopic (exact) mass is 255 g/mol. The minimum absolute atomic E-state index is 0.0330. The van der Waals surface area contributed by atoms with Crippen LogP contribution in [-0.4, -0.2) is 12.4 Å². The van der Waals surface area contributed by atoms with E-state index in [1.54, 1.807) is 36.4 Å². The predicted molar refractivity (Wildman–Crippen MR) is 76.5 cm³/mol. The molecule has 3 nitrogen and oxygen atoms in total. The highest BCUT2D eigenvalue weighted by Crippen LogP contribution is 2.16. The summed E-state index contributed by atoms with van der Waals surface area (Å²) in [6.45, 7) is 2.74. The molecule has 0 spiro atoms. The van der Waals surface area contributed by atoms with Gasteiger partial charge in [-0.05, 0) is 42.8 Å². The van der Waals surface area contributed by atoms with Gasteiger partial charge in [0.1, 0.15) is 5.75 Å². The molecule has 0 aliphatic carbocycles. The molecule has 2 aromatic rings. The first-order chi connectivity index (χ1) is 9.20. The highest BCUT2D eigenvalue weighted by molar-refractivity contribution is 6.09. The van der Waals surface area contributed by atoms with E-state index < -0.39 is 0 Å². The molecule has 0 aliphatic heterocycles. The Labute approximate surface area is 113 Å². The molecule has 2 N–H and O–H groups in total. The van der Waals surface area contributed by atoms with Crippen molar-refractivity contribution < 1.29 is 9.53 Å². The molecule has 2 rings (SSSR count). The van der Waals surface area contributed by atoms with Crippen molar-refractivity contribution in [3.63, 3.8) is 0 Å². The molecule has 2 aromatic carbocycles. The molecule has 0 aliphatic rings. The van der Waals surface area contributed by atoms with Gasteiger partial charge in [0, 0.05) is 16.8 Å². The smallest absolute Gasteiger partial charge is 0.193 e. The zero-order chi connectivity index (χ0) is 13.7. The number of nitrogen functional groups attached to an aromatic ring is 1. The number of carbonyl (C=O) groups is 1. The Hall–Kier alpha value is -2.29. The summed E-state index contributed by atoms with van der Waals surface area (Å²) in [7, 11) is 0. The van der Waals surface area contributed by atoms with Crippen LogP contribution >= 0.6 is 0 Å². The molecule has 0 fully saturated rings. The van der Waals surface area contributed by atoms with E-state index in [0.717, 1.165) is 12.2 Å². The van der Waals surface area contributed by atoms with Gasteiger partial charge in [-0.1, -0.05) is 19.1 Å². The van der Waals surface area contributed by atoms with E-state index >= 15 is 0 Å². The van der Waals surface area contributed by atoms with Gasteiger partial charge in [0.05, 0.1) is 6.61 Å². The maximum Gasteiger partial charge on any atom is 0.193 e. The average molecular weight is 255 g/mol. The van der Waals surface area contributed by atoms with Gasteiger partial charge in [0.15, 0.2) is 5.78 Å². The van der Waals surface area contributed by atoms with Gasteiger partial charge in [-0.15, -0.1) is 0 Å². The molecule has 0 saturated carbocycles. The molecule has 0 amide bonds. The van der Waals surface area contributed by atoms with Crippen LogP contribution in [0.1, 0.15) is 29.3 Å². The van der Waals surface area contributed by atoms with Crippen LogP contribution in [0.15, 0.2) is 48.5 Å². The number of carbonyl (C=O) groups excluding carboxylic acids is 1. The lowest BCUT2D eigenvalue weighted by Crippen LogP contribution is -2.02. The summed E-state index contributed by atoms with van der Waals surface area (Å²) in [5, 5.41) is 0. The van der Waals surface area contributed by atoms with Crippen molar-refractivity contribution >= 4 is 11.5 Å². The van der Waals surface area contributed by atoms with Crippen LogP contribution in [0.2, 0.25) is 0 Å². The lowest BCUT2D eigenvalue weighted by molar-refractivity contribution is 0.103. The van der Waals surface area contributed by atoms with Crippen molar-refractivity contribution in [3.05, 3.63) is 59.7 Å². The molecule has 19 heavy (non-hydrogen) atoms. The maximum absolute atomic E-state index is 12.2. The third-order valence-corrected chi connectivity index (χ3v) is 2.74. The summed E-state index contributed by atoms with van der Waals surface area (Å²) in [5.74, 6) is 0.750. The van der Waals surface area contributed by atoms with Gasteiger partial charge >= 0.3 is 0 Å². The number of anilines is 1. The first-order valence-corrected chi connectivity index (χ1v) is 6.34. The van der Waals surface area contributed by atoms with Gasteiger partial charge < -0.3 is 10.5 Å². The SMILES string of the molecule is CCCOc1ccc(C(=O)c2cccc(N)c2)cc1. The fourth-order valence-electron chi connectivity index (χ4n) is 1.77. The molecule has 0 heterocycles. The molecular weight excluding hydrogens is 238 g/mol. The van der Waals surface area contributed by atoms with E-state index in [2.05, 4.69) is 6.92 Å². The normalized spacial score (nSPS) is 10.2. The van der Waals surface area contributed by atoms with E-state index in [0.29, 0.717) is 23.4 Å². The van der Waals surface area contributed by atoms with Crippen molar-refractivity contribution in [3.8, 4) is 5.75 Å². The second-order valence-electron chi connectivity index (χ2n) is 4.33. The van der Waals surface area contributed by atoms with E-state index in [-0.39, 0.29) is 5.78 Å². The highest BCUT2D eigenvalue weighted by Gasteiger charge is 2.09. The second kappa shape index (κ2) is 6.05. The molecule has 0 radical (unpaired) electrons. The van der Waals surface area contributed by atoms with E-state index in [9.17, 15) is 4.79 Å². The standard InChI is InChI=1S/C16H17NO2/c1-2-10-19-15-8-6-12(7-9-15)16(18)13-4-3-5-14(17)11-13/h3-9,11H,2,10,17H2,1H3. The Morgan fingerprint density at radius 1 is 1.11 bits per heavy atom. The van der Waals surface area contributed by atoms with Gasteiger partial charge in [-0.25, -0.2) is 0 Å². The summed E-state index contributed by atoms with van der Waals surface area (Å²) in [5.41, 5.74) is 7.51. The van der Waals surface area contributed by atoms with Gasteiger partial charge in [0.25, 0.3) is 0 Å². The minimum Gasteiger partial charge on any atom is -0.494 e. The van der Waals surface area contributed by atoms with Crippen LogP contribution < -0.4 is 10.5 Å². The van der Waals surface area contributed by atoms with Gasteiger partial charge in [-0.3, -0.25) is 4.79 Å². The Morgan fingerprint density at radius 3 is 2.47 bits per heavy atom. The number of ether oxygens (including phenoxy) is 1. The highest BCUT2D eigenvalue weighted by atomic mass is 16.5. The Morgan fingerprint density at radius 2 is 1.84 bits per heavy atom. The van der Waals surface area contributed by atoms with E-state index in [4.69, 9.17) is 10.5 Å². The Bertz CT molecular complexity index is 561. The topological polar surface area (TPSA) is 52.3 Å². The molecule has 0 unspecified atom stereocenters. The third-order valence-electron chi connectivity index (χ3n) is 2.74. The summed E-state index contributed by atoms with van der Waals surface area (Å²) in [6, 6.07) is 14.2. The van der Waals surface area contributed by atoms with Crippen molar-refractivity contribution in [2.45, 2.75) is 13.3 Å². The fourth-order valence-corrected chi connectivity index (χ4v) is 1.77. The summed E-state index contributed by atoms with van der Waals surface area (Å²) < 4.78 is 5.48. The first kappa shape index (κ1) is 13.1. The summed E-state index contributed by atoms with van der Waals surface area (Å²) in [6.07, 6.45) is 0.962. The average Bonchev–Trinajstić information content (AvgIpc) is 2.45. The maximum atomic E-state index is 12.2. The summed E-state index contributed by atoms with van der Waals surface area (Å²) >= 11 is 0. The van der Waals surface area contributed by atoms with Crippen molar-refractivity contribution in [2.24, 2.45) is 0 Å². The third kappa shape index (κ3) is 3.35. The lowest BCUT2D eigenvalue weighted by Gasteiger charge is -2.06. The zero-order valence-corrected chi connectivity index (χ0v) is 10.9. The molecule has 98 valence electrons. The van der Waals surface area contributed by atoms with Crippen LogP contribution in [0, 0.1) is 0 Å². The minimum atomic E-state index is -0.0330. The van der Waals surface area contributed by atoms with Crippen molar-refractivity contribution in [1.29, 1.82) is 0 Å². The van der Waals surface area contributed by atoms with Crippen LogP contribution in [0.3, 0.4) is 0 Å². The molecule has 0 bridgehead atoms. The van der Waals surface area contributed by atoms with Crippen molar-refractivity contribution in [2.75, 3.05) is 12.3 Å². The van der Waals surface area contributed by atoms with Crippen LogP contribution in [0.5, 0.6) is 5.75 Å². The molecule has 3 heteroatoms. The van der Waals surface area contributed by atoms with Gasteiger partial charge in [-0.2, -0.15) is 0 Å². The number of hydrogen-bond acceptors (Lipinski definition) is 3. The molecule has 0 atom stereocenters. The number of rotatable bonds is 5. The number of ketones is 1. The van der Waals surface area contributed by atoms with Crippen LogP contribution in [-0.2, 0) is 0 Å². The van der Waals surface area contributed by atoms with E-state index in [1.165, 1.54) is 0 Å².